The second-order valence-corrected chi connectivity index (χ2v) is 4.97. The molecule has 1 aromatic rings. The lowest BCUT2D eigenvalue weighted by Crippen LogP contribution is -2.29. The topological polar surface area (TPSA) is 38.5 Å². The van der Waals surface area contributed by atoms with E-state index >= 15 is 0 Å². The third-order valence-corrected chi connectivity index (χ3v) is 3.02. The van der Waals surface area contributed by atoms with E-state index < -0.39 is 0 Å². The Kier molecular flexibility index (Phi) is 5.18. The number of thiocarbonyl (C=S) groups is 1. The quantitative estimate of drug-likeness (QED) is 0.846. The van der Waals surface area contributed by atoms with E-state index in [-0.39, 0.29) is 0 Å². The van der Waals surface area contributed by atoms with Crippen molar-refractivity contribution in [1.82, 2.24) is 4.90 Å². The summed E-state index contributed by atoms with van der Waals surface area (Å²) in [5.41, 5.74) is 6.65. The molecule has 0 atom stereocenters. The van der Waals surface area contributed by atoms with Crippen LogP contribution in [0.25, 0.3) is 0 Å². The minimum atomic E-state index is 0.501. The molecule has 0 aromatic heterocycles. The zero-order valence-electron chi connectivity index (χ0n) is 9.37. The van der Waals surface area contributed by atoms with Crippen LogP contribution < -0.4 is 10.5 Å². The van der Waals surface area contributed by atoms with Crippen LogP contribution in [0.3, 0.4) is 0 Å². The Hall–Kier alpha value is -0.650. The van der Waals surface area contributed by atoms with Crippen LogP contribution >= 0.6 is 28.1 Å². The third-order valence-electron chi connectivity index (χ3n) is 2.12. The predicted octanol–water partition coefficient (Wildman–Crippen LogP) is 2.18. The molecule has 16 heavy (non-hydrogen) atoms. The number of rotatable bonds is 5. The zero-order valence-corrected chi connectivity index (χ0v) is 11.8. The van der Waals surface area contributed by atoms with Gasteiger partial charge in [0.15, 0.2) is 0 Å². The largest absolute Gasteiger partial charge is 0.497 e. The van der Waals surface area contributed by atoms with Crippen molar-refractivity contribution < 1.29 is 4.74 Å². The molecule has 0 radical (unpaired) electrons. The average molecular weight is 303 g/mol. The summed E-state index contributed by atoms with van der Waals surface area (Å²) in [6.07, 6.45) is 0. The monoisotopic (exact) mass is 302 g/mol. The summed E-state index contributed by atoms with van der Waals surface area (Å²) in [6, 6.07) is 5.89. The summed E-state index contributed by atoms with van der Waals surface area (Å²) in [4.78, 5) is 2.56. The van der Waals surface area contributed by atoms with Crippen molar-refractivity contribution in [2.45, 2.75) is 6.54 Å². The summed E-state index contributed by atoms with van der Waals surface area (Å²) < 4.78 is 6.24. The fourth-order valence-electron chi connectivity index (χ4n) is 1.41. The highest BCUT2D eigenvalue weighted by Gasteiger charge is 2.06. The van der Waals surface area contributed by atoms with Crippen molar-refractivity contribution in [3.05, 3.63) is 28.2 Å². The molecule has 1 rings (SSSR count). The maximum absolute atomic E-state index is 5.49. The molecular weight excluding hydrogens is 288 g/mol. The Labute approximate surface area is 110 Å². The molecule has 2 N–H and O–H groups in total. The molecule has 0 heterocycles. The van der Waals surface area contributed by atoms with E-state index in [9.17, 15) is 0 Å². The lowest BCUT2D eigenvalue weighted by Gasteiger charge is -2.17. The number of likely N-dealkylation sites (N-methyl/N-ethyl adjacent to an activating group) is 1. The highest BCUT2D eigenvalue weighted by molar-refractivity contribution is 9.10. The number of benzene rings is 1. The average Bonchev–Trinajstić information content (AvgIpc) is 2.20. The van der Waals surface area contributed by atoms with Crippen molar-refractivity contribution in [1.29, 1.82) is 0 Å². The van der Waals surface area contributed by atoms with Gasteiger partial charge in [0.1, 0.15) is 5.75 Å². The van der Waals surface area contributed by atoms with E-state index in [2.05, 4.69) is 20.8 Å². The third kappa shape index (κ3) is 4.08. The van der Waals surface area contributed by atoms with Gasteiger partial charge in [0.25, 0.3) is 0 Å². The van der Waals surface area contributed by atoms with Gasteiger partial charge in [-0.15, -0.1) is 0 Å². The van der Waals surface area contributed by atoms with Gasteiger partial charge in [-0.25, -0.2) is 0 Å². The fourth-order valence-corrected chi connectivity index (χ4v) is 2.00. The maximum atomic E-state index is 5.49. The SMILES string of the molecule is COc1ccc(Br)c(CN(C)CC(N)=S)c1. The highest BCUT2D eigenvalue weighted by Crippen LogP contribution is 2.23. The molecule has 0 spiro atoms. The highest BCUT2D eigenvalue weighted by atomic mass is 79.9. The summed E-state index contributed by atoms with van der Waals surface area (Å²) in [6.45, 7) is 1.38. The molecule has 0 saturated heterocycles. The Morgan fingerprint density at radius 3 is 2.81 bits per heavy atom. The molecule has 0 saturated carbocycles. The molecule has 5 heteroatoms. The Balaban J connectivity index is 2.75. The number of hydrogen-bond donors (Lipinski definition) is 1. The van der Waals surface area contributed by atoms with Crippen molar-refractivity contribution in [3.8, 4) is 5.75 Å². The van der Waals surface area contributed by atoms with Gasteiger partial charge in [-0.05, 0) is 30.8 Å². The fraction of sp³-hybridized carbons (Fsp3) is 0.364. The normalized spacial score (nSPS) is 10.5. The van der Waals surface area contributed by atoms with Crippen LogP contribution in [-0.2, 0) is 6.54 Å². The minimum absolute atomic E-state index is 0.501. The molecule has 0 unspecified atom stereocenters. The first-order chi connectivity index (χ1) is 7.52. The van der Waals surface area contributed by atoms with E-state index in [1.54, 1.807) is 7.11 Å². The van der Waals surface area contributed by atoms with E-state index in [0.29, 0.717) is 11.5 Å². The van der Waals surface area contributed by atoms with Gasteiger partial charge in [0.2, 0.25) is 0 Å². The Bertz CT molecular complexity index is 384. The van der Waals surface area contributed by atoms with E-state index in [0.717, 1.165) is 22.3 Å². The van der Waals surface area contributed by atoms with Gasteiger partial charge >= 0.3 is 0 Å². The summed E-state index contributed by atoms with van der Waals surface area (Å²) in [7, 11) is 3.64. The van der Waals surface area contributed by atoms with E-state index in [4.69, 9.17) is 22.7 Å². The molecule has 0 bridgehead atoms. The van der Waals surface area contributed by atoms with Gasteiger partial charge in [-0.2, -0.15) is 0 Å². The molecule has 0 aliphatic rings. The first-order valence-corrected chi connectivity index (χ1v) is 6.02. The maximum Gasteiger partial charge on any atom is 0.119 e. The summed E-state index contributed by atoms with van der Waals surface area (Å²) in [5, 5.41) is 0. The smallest absolute Gasteiger partial charge is 0.119 e. The van der Waals surface area contributed by atoms with Gasteiger partial charge in [0, 0.05) is 17.6 Å². The van der Waals surface area contributed by atoms with Gasteiger partial charge < -0.3 is 10.5 Å². The van der Waals surface area contributed by atoms with Crippen LogP contribution in [0.1, 0.15) is 5.56 Å². The van der Waals surface area contributed by atoms with Crippen LogP contribution in [0.15, 0.2) is 22.7 Å². The lowest BCUT2D eigenvalue weighted by atomic mass is 10.2. The number of halogens is 1. The van der Waals surface area contributed by atoms with Crippen LogP contribution in [0, 0.1) is 0 Å². The second-order valence-electron chi connectivity index (χ2n) is 3.60. The number of nitrogens with two attached hydrogens (primary N) is 1. The number of nitrogens with zero attached hydrogens (tertiary/aromatic N) is 1. The first-order valence-electron chi connectivity index (χ1n) is 4.82. The van der Waals surface area contributed by atoms with Gasteiger partial charge in [0.05, 0.1) is 12.1 Å². The molecule has 0 fully saturated rings. The molecule has 0 amide bonds. The first kappa shape index (κ1) is 13.4. The van der Waals surface area contributed by atoms with Crippen LogP contribution in [0.5, 0.6) is 5.75 Å². The zero-order chi connectivity index (χ0) is 12.1. The second kappa shape index (κ2) is 6.18. The van der Waals surface area contributed by atoms with Gasteiger partial charge in [-0.1, -0.05) is 28.1 Å². The number of ether oxygens (including phenoxy) is 1. The molecule has 88 valence electrons. The minimum Gasteiger partial charge on any atom is -0.497 e. The summed E-state index contributed by atoms with van der Waals surface area (Å²) in [5.74, 6) is 0.849. The Morgan fingerprint density at radius 2 is 2.25 bits per heavy atom. The predicted molar refractivity (Wildman–Crippen MR) is 73.8 cm³/mol. The lowest BCUT2D eigenvalue weighted by molar-refractivity contribution is 0.371. The van der Waals surface area contributed by atoms with Crippen molar-refractivity contribution in [2.75, 3.05) is 20.7 Å². The Morgan fingerprint density at radius 1 is 1.56 bits per heavy atom. The number of methoxy groups -OCH3 is 1. The van der Waals surface area contributed by atoms with Gasteiger partial charge in [-0.3, -0.25) is 4.90 Å². The standard InChI is InChI=1S/C11H15BrN2OS/c1-14(7-11(13)16)6-8-5-9(15-2)3-4-10(8)12/h3-5H,6-7H2,1-2H3,(H2,13,16). The van der Waals surface area contributed by atoms with E-state index in [1.807, 2.05) is 25.2 Å². The molecule has 3 nitrogen and oxygen atoms in total. The molecule has 0 aliphatic heterocycles. The van der Waals surface area contributed by atoms with Crippen molar-refractivity contribution >= 4 is 33.1 Å². The molecule has 0 aliphatic carbocycles. The molecular formula is C11H15BrN2OS. The van der Waals surface area contributed by atoms with E-state index in [1.165, 1.54) is 0 Å². The van der Waals surface area contributed by atoms with Crippen LogP contribution in [-0.4, -0.2) is 30.6 Å². The van der Waals surface area contributed by atoms with Crippen LogP contribution in [0.4, 0.5) is 0 Å². The van der Waals surface area contributed by atoms with Crippen LogP contribution in [0.2, 0.25) is 0 Å². The number of hydrogen-bond acceptors (Lipinski definition) is 3. The molecule has 1 aromatic carbocycles. The van der Waals surface area contributed by atoms with Crippen molar-refractivity contribution in [3.63, 3.8) is 0 Å². The van der Waals surface area contributed by atoms with Crippen molar-refractivity contribution in [2.24, 2.45) is 5.73 Å². The summed E-state index contributed by atoms with van der Waals surface area (Å²) >= 11 is 8.38.